The Morgan fingerprint density at radius 1 is 1.48 bits per heavy atom. The molecule has 2 heterocycles. The number of nitrogens with one attached hydrogen (secondary N) is 1. The number of hydrogen-bond acceptors (Lipinski definition) is 5. The van der Waals surface area contributed by atoms with Crippen molar-refractivity contribution in [2.75, 3.05) is 19.8 Å². The number of carboxylic acids is 1. The summed E-state index contributed by atoms with van der Waals surface area (Å²) in [6.45, 7) is 1.06. The van der Waals surface area contributed by atoms with Crippen LogP contribution in [0.5, 0.6) is 0 Å². The molecular weight excluding hydrogens is 302 g/mol. The molecule has 1 aliphatic heterocycles. The number of nitrogens with zero attached hydrogens (tertiary/aromatic N) is 2. The summed E-state index contributed by atoms with van der Waals surface area (Å²) in [5.41, 5.74) is -0.379. The summed E-state index contributed by atoms with van der Waals surface area (Å²) in [7, 11) is 0. The molecule has 2 N–H and O–H groups in total. The molecule has 8 nitrogen and oxygen atoms in total. The van der Waals surface area contributed by atoms with Gasteiger partial charge in [-0.1, -0.05) is 0 Å². The average Bonchev–Trinajstić information content (AvgIpc) is 3.13. The van der Waals surface area contributed by atoms with Crippen LogP contribution in [0, 0.1) is 5.41 Å². The lowest BCUT2D eigenvalue weighted by Crippen LogP contribution is -2.52. The fraction of sp³-hybridized carbons (Fsp3) is 0.667. The van der Waals surface area contributed by atoms with E-state index in [0.717, 1.165) is 12.8 Å². The lowest BCUT2D eigenvalue weighted by molar-refractivity contribution is -0.149. The quantitative estimate of drug-likeness (QED) is 0.734. The van der Waals surface area contributed by atoms with Gasteiger partial charge in [0.2, 0.25) is 5.91 Å². The summed E-state index contributed by atoms with van der Waals surface area (Å²) in [6, 6.07) is -0.212. The fourth-order valence-electron chi connectivity index (χ4n) is 2.88. The van der Waals surface area contributed by atoms with Crippen LogP contribution >= 0.6 is 0 Å². The molecule has 1 saturated carbocycles. The Morgan fingerprint density at radius 3 is 2.96 bits per heavy atom. The zero-order chi connectivity index (χ0) is 16.3. The minimum absolute atomic E-state index is 0.00188. The Bertz CT molecular complexity index is 555. The van der Waals surface area contributed by atoms with Gasteiger partial charge in [0.1, 0.15) is 12.7 Å². The molecule has 0 radical (unpaired) electrons. The van der Waals surface area contributed by atoms with Gasteiger partial charge in [0.15, 0.2) is 0 Å². The summed E-state index contributed by atoms with van der Waals surface area (Å²) < 4.78 is 12.6. The summed E-state index contributed by atoms with van der Waals surface area (Å²) in [4.78, 5) is 27.3. The van der Waals surface area contributed by atoms with E-state index in [4.69, 9.17) is 14.6 Å². The summed E-state index contributed by atoms with van der Waals surface area (Å²) in [5.74, 6) is -1.03. The first-order valence-electron chi connectivity index (χ1n) is 7.77. The second-order valence-electron chi connectivity index (χ2n) is 6.20. The van der Waals surface area contributed by atoms with Crippen LogP contribution in [0.25, 0.3) is 0 Å². The van der Waals surface area contributed by atoms with E-state index in [1.54, 1.807) is 12.5 Å². The third-order valence-electron chi connectivity index (χ3n) is 4.42. The summed E-state index contributed by atoms with van der Waals surface area (Å²) in [5, 5.41) is 11.8. The molecule has 126 valence electrons. The van der Waals surface area contributed by atoms with Crippen LogP contribution in [-0.4, -0.2) is 58.5 Å². The van der Waals surface area contributed by atoms with Gasteiger partial charge >= 0.3 is 5.97 Å². The van der Waals surface area contributed by atoms with Crippen molar-refractivity contribution in [2.24, 2.45) is 5.41 Å². The van der Waals surface area contributed by atoms with E-state index in [0.29, 0.717) is 26.2 Å². The van der Waals surface area contributed by atoms with Gasteiger partial charge in [0.05, 0.1) is 24.4 Å². The van der Waals surface area contributed by atoms with Crippen molar-refractivity contribution in [1.82, 2.24) is 14.9 Å². The molecule has 0 aromatic carbocycles. The molecule has 0 bridgehead atoms. The SMILES string of the molecule is O=C(O)CO[C@@H]1COCC[C@H]1NC(=O)C1(Cn2ccnc2)CC1. The molecule has 2 aliphatic rings. The molecule has 1 aromatic heterocycles. The maximum atomic E-state index is 12.6. The number of ether oxygens (including phenoxy) is 2. The maximum Gasteiger partial charge on any atom is 0.329 e. The van der Waals surface area contributed by atoms with Crippen molar-refractivity contribution in [3.05, 3.63) is 18.7 Å². The normalized spacial score (nSPS) is 25.7. The molecule has 23 heavy (non-hydrogen) atoms. The molecular formula is C15H21N3O5. The maximum absolute atomic E-state index is 12.6. The van der Waals surface area contributed by atoms with Crippen molar-refractivity contribution in [1.29, 1.82) is 0 Å². The van der Waals surface area contributed by atoms with Crippen molar-refractivity contribution in [2.45, 2.75) is 38.0 Å². The summed E-state index contributed by atoms with van der Waals surface area (Å²) >= 11 is 0. The van der Waals surface area contributed by atoms with Crippen LogP contribution in [0.15, 0.2) is 18.7 Å². The molecule has 1 amide bonds. The number of carbonyl (C=O) groups is 2. The van der Waals surface area contributed by atoms with E-state index < -0.39 is 12.1 Å². The standard InChI is InChI=1S/C15H21N3O5/c19-13(20)8-23-12-7-22-6-1-11(12)17-14(21)15(2-3-15)9-18-5-4-16-10-18/h4-5,10-12H,1-3,6-9H2,(H,17,21)(H,19,20)/t11-,12-/m1/s1. The summed E-state index contributed by atoms with van der Waals surface area (Å²) in [6.07, 6.45) is 7.15. The van der Waals surface area contributed by atoms with E-state index in [-0.39, 0.29) is 24.0 Å². The van der Waals surface area contributed by atoms with Crippen molar-refractivity contribution >= 4 is 11.9 Å². The van der Waals surface area contributed by atoms with Crippen LogP contribution in [0.1, 0.15) is 19.3 Å². The van der Waals surface area contributed by atoms with E-state index >= 15 is 0 Å². The van der Waals surface area contributed by atoms with Gasteiger partial charge in [-0.25, -0.2) is 9.78 Å². The number of amides is 1. The van der Waals surface area contributed by atoms with Crippen LogP contribution < -0.4 is 5.32 Å². The van der Waals surface area contributed by atoms with Crippen LogP contribution in [0.2, 0.25) is 0 Å². The van der Waals surface area contributed by atoms with Gasteiger partial charge in [-0.05, 0) is 19.3 Å². The molecule has 0 spiro atoms. The molecule has 1 saturated heterocycles. The lowest BCUT2D eigenvalue weighted by atomic mass is 10.0. The number of hydrogen-bond donors (Lipinski definition) is 2. The van der Waals surface area contributed by atoms with E-state index in [1.165, 1.54) is 0 Å². The van der Waals surface area contributed by atoms with Gasteiger partial charge in [0.25, 0.3) is 0 Å². The van der Waals surface area contributed by atoms with Crippen LogP contribution in [-0.2, 0) is 25.6 Å². The van der Waals surface area contributed by atoms with Gasteiger partial charge in [-0.3, -0.25) is 4.79 Å². The number of carbonyl (C=O) groups excluding carboxylic acids is 1. The highest BCUT2D eigenvalue weighted by molar-refractivity contribution is 5.85. The zero-order valence-corrected chi connectivity index (χ0v) is 12.8. The number of rotatable bonds is 7. The predicted octanol–water partition coefficient (Wildman–Crippen LogP) is 0.0382. The first-order chi connectivity index (χ1) is 11.1. The molecule has 1 aliphatic carbocycles. The Morgan fingerprint density at radius 2 is 2.30 bits per heavy atom. The topological polar surface area (TPSA) is 103 Å². The van der Waals surface area contributed by atoms with Gasteiger partial charge in [-0.15, -0.1) is 0 Å². The van der Waals surface area contributed by atoms with Crippen molar-refractivity contribution in [3.63, 3.8) is 0 Å². The number of aliphatic carboxylic acids is 1. The molecule has 2 fully saturated rings. The highest BCUT2D eigenvalue weighted by atomic mass is 16.5. The van der Waals surface area contributed by atoms with Gasteiger partial charge in [0, 0.05) is 25.5 Å². The van der Waals surface area contributed by atoms with E-state index in [9.17, 15) is 9.59 Å². The highest BCUT2D eigenvalue weighted by Crippen LogP contribution is 2.47. The van der Waals surface area contributed by atoms with E-state index in [1.807, 2.05) is 10.8 Å². The predicted molar refractivity (Wildman–Crippen MR) is 78.6 cm³/mol. The van der Waals surface area contributed by atoms with Crippen molar-refractivity contribution in [3.8, 4) is 0 Å². The van der Waals surface area contributed by atoms with Gasteiger partial charge in [-0.2, -0.15) is 0 Å². The first kappa shape index (κ1) is 15.9. The second-order valence-corrected chi connectivity index (χ2v) is 6.20. The average molecular weight is 323 g/mol. The Balaban J connectivity index is 1.58. The monoisotopic (exact) mass is 323 g/mol. The minimum atomic E-state index is -1.03. The molecule has 1 aromatic rings. The second kappa shape index (κ2) is 6.67. The molecule has 3 rings (SSSR count). The number of aromatic nitrogens is 2. The number of carboxylic acid groups (broad SMARTS) is 1. The zero-order valence-electron chi connectivity index (χ0n) is 12.8. The lowest BCUT2D eigenvalue weighted by Gasteiger charge is -2.32. The number of imidazole rings is 1. The third-order valence-corrected chi connectivity index (χ3v) is 4.42. The Labute approximate surface area is 133 Å². The van der Waals surface area contributed by atoms with Crippen LogP contribution in [0.4, 0.5) is 0 Å². The third kappa shape index (κ3) is 3.89. The highest BCUT2D eigenvalue weighted by Gasteiger charge is 2.50. The van der Waals surface area contributed by atoms with Gasteiger partial charge < -0.3 is 24.5 Å². The Hall–Kier alpha value is -1.93. The largest absolute Gasteiger partial charge is 0.480 e. The smallest absolute Gasteiger partial charge is 0.329 e. The molecule has 2 atom stereocenters. The van der Waals surface area contributed by atoms with Crippen LogP contribution in [0.3, 0.4) is 0 Å². The fourth-order valence-corrected chi connectivity index (χ4v) is 2.88. The van der Waals surface area contributed by atoms with E-state index in [2.05, 4.69) is 10.3 Å². The molecule has 0 unspecified atom stereocenters. The minimum Gasteiger partial charge on any atom is -0.480 e. The van der Waals surface area contributed by atoms with Crippen molar-refractivity contribution < 1.29 is 24.2 Å². The Kier molecular flexibility index (Phi) is 4.63. The first-order valence-corrected chi connectivity index (χ1v) is 7.77. The molecule has 8 heteroatoms.